The third-order valence-corrected chi connectivity index (χ3v) is 5.15. The second kappa shape index (κ2) is 9.99. The molecule has 1 aliphatic rings. The maximum Gasteiger partial charge on any atom is 0.499 e. The highest BCUT2D eigenvalue weighted by molar-refractivity contribution is 6.60. The summed E-state index contributed by atoms with van der Waals surface area (Å²) < 4.78 is 25.4. The fourth-order valence-electron chi connectivity index (χ4n) is 1.21. The Labute approximate surface area is 106 Å². The number of rotatable bonds is 8. The zero-order valence-electron chi connectivity index (χ0n) is 11.7. The minimum atomic E-state index is -2.19. The lowest BCUT2D eigenvalue weighted by Gasteiger charge is -2.22. The van der Waals surface area contributed by atoms with E-state index in [2.05, 4.69) is 6.92 Å². The molecule has 0 aromatic carbocycles. The fraction of sp³-hybridized carbons (Fsp3) is 1.00. The molecule has 17 heavy (non-hydrogen) atoms. The zero-order valence-corrected chi connectivity index (χ0v) is 12.7. The van der Waals surface area contributed by atoms with Crippen molar-refractivity contribution >= 4 is 8.80 Å². The topological polar surface area (TPSA) is 49.5 Å². The third-order valence-electron chi connectivity index (χ3n) is 2.42. The van der Waals surface area contributed by atoms with Crippen LogP contribution in [-0.2, 0) is 22.8 Å². The van der Waals surface area contributed by atoms with Crippen molar-refractivity contribution in [3.05, 3.63) is 0 Å². The van der Waals surface area contributed by atoms with Gasteiger partial charge in [0.2, 0.25) is 0 Å². The minimum absolute atomic E-state index is 0.432. The second-order valence-electron chi connectivity index (χ2n) is 3.68. The van der Waals surface area contributed by atoms with Crippen LogP contribution in [0.1, 0.15) is 20.3 Å². The van der Waals surface area contributed by atoms with E-state index in [0.29, 0.717) is 6.10 Å². The summed E-state index contributed by atoms with van der Waals surface area (Å²) in [6.45, 7) is 6.67. The van der Waals surface area contributed by atoms with Crippen LogP contribution in [0.4, 0.5) is 0 Å². The zero-order chi connectivity index (χ0) is 13.1. The molecule has 0 aromatic rings. The van der Waals surface area contributed by atoms with E-state index >= 15 is 0 Å². The molecular formula is C11H26O5Si. The second-order valence-corrected chi connectivity index (χ2v) is 6.98. The molecule has 5 nitrogen and oxygen atoms in total. The molecule has 1 fully saturated rings. The first kappa shape index (κ1) is 17.0. The molecule has 0 amide bonds. The van der Waals surface area contributed by atoms with Crippen molar-refractivity contribution in [3.8, 4) is 0 Å². The van der Waals surface area contributed by atoms with Gasteiger partial charge in [0.1, 0.15) is 6.10 Å². The van der Waals surface area contributed by atoms with E-state index in [1.54, 1.807) is 21.3 Å². The molecule has 0 aliphatic carbocycles. The molecule has 1 aliphatic heterocycles. The molecule has 0 saturated carbocycles. The van der Waals surface area contributed by atoms with Crippen LogP contribution in [0.2, 0.25) is 6.04 Å². The lowest BCUT2D eigenvalue weighted by atomic mass is 10.5. The first-order valence-corrected chi connectivity index (χ1v) is 7.95. The largest absolute Gasteiger partial charge is 0.499 e. The van der Waals surface area contributed by atoms with Gasteiger partial charge in [-0.3, -0.25) is 0 Å². The maximum absolute atomic E-state index is 5.18. The van der Waals surface area contributed by atoms with E-state index in [1.165, 1.54) is 0 Å². The van der Waals surface area contributed by atoms with Crippen molar-refractivity contribution in [2.75, 3.05) is 41.2 Å². The predicted octanol–water partition coefficient (Wildman–Crippen LogP) is 1.70. The van der Waals surface area contributed by atoms with Crippen LogP contribution in [0.5, 0.6) is 0 Å². The Kier molecular flexibility index (Phi) is 10.00. The lowest BCUT2D eigenvalue weighted by Crippen LogP contribution is -2.41. The van der Waals surface area contributed by atoms with Gasteiger partial charge in [-0.15, -0.1) is 0 Å². The molecule has 1 saturated heterocycles. The van der Waals surface area contributed by atoms with Gasteiger partial charge in [-0.05, 0) is 6.42 Å². The molecule has 0 radical (unpaired) electrons. The van der Waals surface area contributed by atoms with Gasteiger partial charge in [0.15, 0.2) is 0 Å². The lowest BCUT2D eigenvalue weighted by molar-refractivity contribution is 0.117. The van der Waals surface area contributed by atoms with Gasteiger partial charge in [0, 0.05) is 34.0 Å². The van der Waals surface area contributed by atoms with Crippen LogP contribution in [0.25, 0.3) is 0 Å². The van der Waals surface area contributed by atoms with E-state index in [-0.39, 0.29) is 0 Å². The van der Waals surface area contributed by atoms with E-state index in [9.17, 15) is 0 Å². The Morgan fingerprint density at radius 2 is 1.65 bits per heavy atom. The Morgan fingerprint density at radius 1 is 1.12 bits per heavy atom. The summed E-state index contributed by atoms with van der Waals surface area (Å²) in [5.74, 6) is 0. The van der Waals surface area contributed by atoms with Crippen LogP contribution in [-0.4, -0.2) is 56.1 Å². The Bertz CT molecular complexity index is 154. The van der Waals surface area contributed by atoms with Crippen molar-refractivity contribution < 1.29 is 22.8 Å². The smallest absolute Gasteiger partial charge is 0.379 e. The van der Waals surface area contributed by atoms with Gasteiger partial charge >= 0.3 is 8.80 Å². The van der Waals surface area contributed by atoms with Crippen molar-refractivity contribution in [1.82, 2.24) is 0 Å². The average Bonchev–Trinajstić information content (AvgIpc) is 3.18. The maximum atomic E-state index is 5.18. The van der Waals surface area contributed by atoms with E-state index in [1.807, 2.05) is 6.92 Å². The van der Waals surface area contributed by atoms with Crippen LogP contribution in [0.3, 0.4) is 0 Å². The first-order valence-electron chi connectivity index (χ1n) is 6.02. The Hall–Kier alpha value is 0.0169. The molecule has 0 bridgehead atoms. The summed E-state index contributed by atoms with van der Waals surface area (Å²) in [6, 6.07) is 0.816. The number of hydrogen-bond donors (Lipinski definition) is 0. The van der Waals surface area contributed by atoms with E-state index in [0.717, 1.165) is 32.3 Å². The highest BCUT2D eigenvalue weighted by atomic mass is 28.4. The minimum Gasteiger partial charge on any atom is -0.379 e. The molecule has 104 valence electrons. The highest BCUT2D eigenvalue weighted by Gasteiger charge is 2.34. The van der Waals surface area contributed by atoms with E-state index in [4.69, 9.17) is 22.8 Å². The van der Waals surface area contributed by atoms with Crippen molar-refractivity contribution in [2.45, 2.75) is 32.4 Å². The Morgan fingerprint density at radius 3 is 1.88 bits per heavy atom. The molecule has 1 heterocycles. The summed E-state index contributed by atoms with van der Waals surface area (Å²) in [4.78, 5) is 0. The normalized spacial score (nSPS) is 18.5. The predicted molar refractivity (Wildman–Crippen MR) is 68.1 cm³/mol. The fourth-order valence-corrected chi connectivity index (χ4v) is 2.57. The number of epoxide rings is 1. The highest BCUT2D eigenvalue weighted by Crippen LogP contribution is 2.10. The molecule has 1 unspecified atom stereocenters. The molecular weight excluding hydrogens is 240 g/mol. The number of hydrogen-bond acceptors (Lipinski definition) is 5. The average molecular weight is 266 g/mol. The van der Waals surface area contributed by atoms with Crippen molar-refractivity contribution in [1.29, 1.82) is 0 Å². The van der Waals surface area contributed by atoms with Crippen LogP contribution >= 0.6 is 0 Å². The van der Waals surface area contributed by atoms with Crippen molar-refractivity contribution in [2.24, 2.45) is 0 Å². The quantitative estimate of drug-likeness (QED) is 0.380. The van der Waals surface area contributed by atoms with Gasteiger partial charge in [-0.1, -0.05) is 13.8 Å². The van der Waals surface area contributed by atoms with Gasteiger partial charge in [-0.25, -0.2) is 0 Å². The van der Waals surface area contributed by atoms with Crippen molar-refractivity contribution in [3.63, 3.8) is 0 Å². The summed E-state index contributed by atoms with van der Waals surface area (Å²) in [6.07, 6.45) is 1.54. The van der Waals surface area contributed by atoms with Gasteiger partial charge in [-0.2, -0.15) is 0 Å². The summed E-state index contributed by atoms with van der Waals surface area (Å²) in [5, 5.41) is 0. The monoisotopic (exact) mass is 266 g/mol. The number of ether oxygens (including phenoxy) is 2. The van der Waals surface area contributed by atoms with Crippen LogP contribution in [0, 0.1) is 0 Å². The van der Waals surface area contributed by atoms with Crippen LogP contribution in [0.15, 0.2) is 0 Å². The standard InChI is InChI=1S/C6H12O2.C5H14O3Si/c1-2-3-7-4-6-5-8-6;1-5-9(6-2,7-3)8-4/h6H,2-5H2,1H3;5H2,1-4H3. The van der Waals surface area contributed by atoms with E-state index < -0.39 is 8.80 Å². The molecule has 0 aromatic heterocycles. The Balaban J connectivity index is 0.000000302. The molecule has 1 rings (SSSR count). The molecule has 6 heteroatoms. The summed E-state index contributed by atoms with van der Waals surface area (Å²) >= 11 is 0. The van der Waals surface area contributed by atoms with Gasteiger partial charge in [0.05, 0.1) is 13.2 Å². The van der Waals surface area contributed by atoms with Gasteiger partial charge < -0.3 is 22.8 Å². The molecule has 1 atom stereocenters. The molecule has 0 N–H and O–H groups in total. The third kappa shape index (κ3) is 7.85. The van der Waals surface area contributed by atoms with Crippen LogP contribution < -0.4 is 0 Å². The first-order chi connectivity index (χ1) is 8.17. The summed E-state index contributed by atoms with van der Waals surface area (Å²) in [5.41, 5.74) is 0. The SMILES string of the molecule is CCCOCC1CO1.CC[Si](OC)(OC)OC. The summed E-state index contributed by atoms with van der Waals surface area (Å²) in [7, 11) is 2.65. The molecule has 0 spiro atoms. The van der Waals surface area contributed by atoms with Gasteiger partial charge in [0.25, 0.3) is 0 Å².